The summed E-state index contributed by atoms with van der Waals surface area (Å²) in [5.41, 5.74) is 0.845. The third-order valence-electron chi connectivity index (χ3n) is 7.48. The summed E-state index contributed by atoms with van der Waals surface area (Å²) in [4.78, 5) is 0. The van der Waals surface area contributed by atoms with E-state index >= 15 is 0 Å². The quantitative estimate of drug-likeness (QED) is 0.187. The molecule has 2 aromatic rings. The van der Waals surface area contributed by atoms with Gasteiger partial charge in [-0.15, -0.1) is 0 Å². The highest BCUT2D eigenvalue weighted by Crippen LogP contribution is 2.55. The first-order valence-corrected chi connectivity index (χ1v) is 12.8. The zero-order valence-corrected chi connectivity index (χ0v) is 23.0. The maximum absolute atomic E-state index is 10.9. The van der Waals surface area contributed by atoms with Gasteiger partial charge in [-0.2, -0.15) is 0 Å². The van der Waals surface area contributed by atoms with Crippen molar-refractivity contribution in [2.45, 2.75) is 42.7 Å². The highest BCUT2D eigenvalue weighted by Gasteiger charge is 2.47. The minimum atomic E-state index is -1.66. The molecule has 0 radical (unpaired) electrons. The van der Waals surface area contributed by atoms with Gasteiger partial charge in [0.05, 0.1) is 48.3 Å². The van der Waals surface area contributed by atoms with Crippen molar-refractivity contribution in [3.8, 4) is 40.2 Å². The standard InChI is InChI=1S/C27H36O14/c1-35-14-5-11(6-15(36-2)21(14)30)19-12(10-39-27-25(34)24(33)22(31)18(9-29)41-27)17(8-28)40-13-7-16(37-3)23(32)26(38-4)20(13)19/h5-7,12,17-19,22,24-25,27-34H,8-10H2,1-4H3/t12-,17-,18+,19+,22+,24-,25+,27+/m0/s1. The first-order valence-electron chi connectivity index (χ1n) is 12.8. The molecule has 8 atom stereocenters. The molecule has 228 valence electrons. The molecule has 0 unspecified atom stereocenters. The summed E-state index contributed by atoms with van der Waals surface area (Å²) in [6.45, 7) is -1.39. The van der Waals surface area contributed by atoms with E-state index in [0.29, 0.717) is 11.1 Å². The Labute approximate surface area is 235 Å². The lowest BCUT2D eigenvalue weighted by Gasteiger charge is -2.43. The average molecular weight is 585 g/mol. The number of fused-ring (bicyclic) bond motifs is 1. The van der Waals surface area contributed by atoms with E-state index in [1.807, 2.05) is 0 Å². The average Bonchev–Trinajstić information content (AvgIpc) is 2.98. The first-order chi connectivity index (χ1) is 19.6. The maximum Gasteiger partial charge on any atom is 0.201 e. The smallest absolute Gasteiger partial charge is 0.201 e. The van der Waals surface area contributed by atoms with Crippen LogP contribution in [-0.2, 0) is 9.47 Å². The Bertz CT molecular complexity index is 1180. The predicted octanol–water partition coefficient (Wildman–Crippen LogP) is -0.550. The highest BCUT2D eigenvalue weighted by molar-refractivity contribution is 5.66. The van der Waals surface area contributed by atoms with E-state index in [1.54, 1.807) is 12.1 Å². The number of methoxy groups -OCH3 is 4. The van der Waals surface area contributed by atoms with Crippen LogP contribution in [0.3, 0.4) is 0 Å². The maximum atomic E-state index is 10.9. The van der Waals surface area contributed by atoms with Crippen LogP contribution in [0.1, 0.15) is 17.0 Å². The zero-order chi connectivity index (χ0) is 30.0. The highest BCUT2D eigenvalue weighted by atomic mass is 16.7. The van der Waals surface area contributed by atoms with Crippen molar-refractivity contribution in [2.75, 3.05) is 48.3 Å². The van der Waals surface area contributed by atoms with Crippen LogP contribution in [-0.4, -0.2) is 121 Å². The summed E-state index contributed by atoms with van der Waals surface area (Å²) in [5, 5.41) is 72.3. The fraction of sp³-hybridized carbons (Fsp3) is 0.556. The van der Waals surface area contributed by atoms with Crippen molar-refractivity contribution in [3.63, 3.8) is 0 Å². The number of aliphatic hydroxyl groups excluding tert-OH is 5. The summed E-state index contributed by atoms with van der Waals surface area (Å²) in [5.74, 6) is -1.64. The van der Waals surface area contributed by atoms with Crippen LogP contribution >= 0.6 is 0 Å². The molecule has 0 saturated carbocycles. The SMILES string of the molecule is COc1cc([C@H]2c3c(cc(OC)c(O)c3OC)O[C@@H](CO)[C@@H]2CO[C@@H]2O[C@H](CO)[C@@H](O)[C@H](O)[C@H]2O)cc(OC)c1O. The number of phenols is 2. The van der Waals surface area contributed by atoms with Gasteiger partial charge in [-0.05, 0) is 17.7 Å². The van der Waals surface area contributed by atoms with Crippen molar-refractivity contribution < 1.29 is 68.9 Å². The van der Waals surface area contributed by atoms with E-state index in [0.717, 1.165) is 0 Å². The van der Waals surface area contributed by atoms with E-state index < -0.39 is 61.9 Å². The molecule has 2 aromatic carbocycles. The molecule has 2 heterocycles. The number of benzene rings is 2. The van der Waals surface area contributed by atoms with Crippen LogP contribution < -0.4 is 23.7 Å². The van der Waals surface area contributed by atoms with Crippen molar-refractivity contribution >= 4 is 0 Å². The number of aliphatic hydroxyl groups is 5. The lowest BCUT2D eigenvalue weighted by atomic mass is 9.75. The lowest BCUT2D eigenvalue weighted by molar-refractivity contribution is -0.304. The molecule has 2 aliphatic rings. The van der Waals surface area contributed by atoms with Crippen LogP contribution in [0.5, 0.6) is 40.2 Å². The second-order valence-corrected chi connectivity index (χ2v) is 9.66. The summed E-state index contributed by atoms with van der Waals surface area (Å²) in [6.07, 6.45) is -8.47. The summed E-state index contributed by atoms with van der Waals surface area (Å²) >= 11 is 0. The predicted molar refractivity (Wildman–Crippen MR) is 139 cm³/mol. The van der Waals surface area contributed by atoms with E-state index in [4.69, 9.17) is 33.2 Å². The van der Waals surface area contributed by atoms with Crippen LogP contribution in [0, 0.1) is 5.92 Å². The van der Waals surface area contributed by atoms with Crippen molar-refractivity contribution in [3.05, 3.63) is 29.3 Å². The van der Waals surface area contributed by atoms with Gasteiger partial charge in [0.15, 0.2) is 29.3 Å². The number of rotatable bonds is 10. The molecule has 1 fully saturated rings. The van der Waals surface area contributed by atoms with E-state index in [9.17, 15) is 35.7 Å². The Morgan fingerprint density at radius 1 is 0.732 bits per heavy atom. The van der Waals surface area contributed by atoms with Gasteiger partial charge in [0.1, 0.15) is 36.3 Å². The third kappa shape index (κ3) is 5.51. The van der Waals surface area contributed by atoms with Crippen molar-refractivity contribution in [1.29, 1.82) is 0 Å². The van der Waals surface area contributed by atoms with Gasteiger partial charge in [-0.1, -0.05) is 0 Å². The van der Waals surface area contributed by atoms with Gasteiger partial charge < -0.3 is 68.9 Å². The Balaban J connectivity index is 1.85. The van der Waals surface area contributed by atoms with E-state index in [1.165, 1.54) is 34.5 Å². The molecule has 1 saturated heterocycles. The minimum Gasteiger partial charge on any atom is -0.502 e. The molecule has 0 amide bonds. The molecule has 14 heteroatoms. The summed E-state index contributed by atoms with van der Waals surface area (Å²) in [6, 6.07) is 4.55. The second-order valence-electron chi connectivity index (χ2n) is 9.66. The van der Waals surface area contributed by atoms with Gasteiger partial charge in [0.2, 0.25) is 11.5 Å². The molecule has 0 bridgehead atoms. The topological polar surface area (TPSA) is 206 Å². The molecular weight excluding hydrogens is 548 g/mol. The molecular formula is C27H36O14. The Morgan fingerprint density at radius 3 is 1.85 bits per heavy atom. The van der Waals surface area contributed by atoms with Gasteiger partial charge in [0.25, 0.3) is 0 Å². The Hall–Kier alpha value is -3.24. The fourth-order valence-corrected chi connectivity index (χ4v) is 5.34. The van der Waals surface area contributed by atoms with E-state index in [2.05, 4.69) is 0 Å². The first kappa shape index (κ1) is 30.7. The normalized spacial score (nSPS) is 29.3. The summed E-state index contributed by atoms with van der Waals surface area (Å²) in [7, 11) is 5.44. The van der Waals surface area contributed by atoms with Gasteiger partial charge in [-0.25, -0.2) is 0 Å². The molecule has 0 aromatic heterocycles. The van der Waals surface area contributed by atoms with Gasteiger partial charge in [0, 0.05) is 23.5 Å². The fourth-order valence-electron chi connectivity index (χ4n) is 5.34. The van der Waals surface area contributed by atoms with Gasteiger partial charge >= 0.3 is 0 Å². The monoisotopic (exact) mass is 584 g/mol. The molecule has 14 nitrogen and oxygen atoms in total. The largest absolute Gasteiger partial charge is 0.502 e. The van der Waals surface area contributed by atoms with Crippen LogP contribution in [0.15, 0.2) is 18.2 Å². The zero-order valence-electron chi connectivity index (χ0n) is 23.0. The number of phenolic OH excluding ortho intramolecular Hbond substituents is 2. The Morgan fingerprint density at radius 2 is 1.32 bits per heavy atom. The van der Waals surface area contributed by atoms with Crippen LogP contribution in [0.4, 0.5) is 0 Å². The number of ether oxygens (including phenoxy) is 7. The van der Waals surface area contributed by atoms with Crippen molar-refractivity contribution in [1.82, 2.24) is 0 Å². The lowest BCUT2D eigenvalue weighted by Crippen LogP contribution is -2.59. The molecule has 7 N–H and O–H groups in total. The second kappa shape index (κ2) is 12.7. The molecule has 41 heavy (non-hydrogen) atoms. The third-order valence-corrected chi connectivity index (χ3v) is 7.48. The van der Waals surface area contributed by atoms with Crippen molar-refractivity contribution in [2.24, 2.45) is 5.92 Å². The van der Waals surface area contributed by atoms with Crippen LogP contribution in [0.25, 0.3) is 0 Å². The molecule has 0 spiro atoms. The van der Waals surface area contributed by atoms with Gasteiger partial charge in [-0.3, -0.25) is 0 Å². The molecule has 0 aliphatic carbocycles. The van der Waals surface area contributed by atoms with Crippen LogP contribution in [0.2, 0.25) is 0 Å². The van der Waals surface area contributed by atoms with E-state index in [-0.39, 0.29) is 46.9 Å². The Kier molecular flexibility index (Phi) is 9.54. The number of aromatic hydroxyl groups is 2. The molecule has 2 aliphatic heterocycles. The minimum absolute atomic E-state index is 0.0181. The number of hydrogen-bond acceptors (Lipinski definition) is 14. The number of hydrogen-bond donors (Lipinski definition) is 7. The molecule has 4 rings (SSSR count). The summed E-state index contributed by atoms with van der Waals surface area (Å²) < 4.78 is 39.1.